The number of hydrazone groups is 1. The molecule has 0 saturated carbocycles. The fraction of sp³-hybridized carbons (Fsp3) is 0.231. The van der Waals surface area contributed by atoms with Crippen molar-refractivity contribution >= 4 is 23.1 Å². The van der Waals surface area contributed by atoms with Gasteiger partial charge in [-0.25, -0.2) is 4.79 Å². The molecule has 0 atom stereocenters. The van der Waals surface area contributed by atoms with E-state index in [1.54, 1.807) is 53.3 Å². The van der Waals surface area contributed by atoms with Crippen LogP contribution < -0.4 is 10.3 Å². The van der Waals surface area contributed by atoms with E-state index >= 15 is 0 Å². The molecule has 7 heteroatoms. The summed E-state index contributed by atoms with van der Waals surface area (Å²) in [5.41, 5.74) is 3.80. The topological polar surface area (TPSA) is 95.5 Å². The van der Waals surface area contributed by atoms with Gasteiger partial charge in [0.1, 0.15) is 12.1 Å². The monoisotopic (exact) mass is 268 g/mol. The third kappa shape index (κ3) is 2.68. The number of nitriles is 2. The molecule has 7 nitrogen and oxygen atoms in total. The van der Waals surface area contributed by atoms with Gasteiger partial charge in [-0.05, 0) is 24.3 Å². The quantitative estimate of drug-likeness (QED) is 0.661. The molecule has 2 amide bonds. The van der Waals surface area contributed by atoms with Gasteiger partial charge in [-0.1, -0.05) is 0 Å². The zero-order valence-electron chi connectivity index (χ0n) is 10.9. The molecule has 1 aromatic rings. The number of urea groups is 1. The molecule has 1 saturated heterocycles. The number of carbonyl (C=O) groups excluding carboxylic acids is 1. The minimum absolute atomic E-state index is 0.0278. The van der Waals surface area contributed by atoms with Crippen molar-refractivity contribution in [1.82, 2.24) is 4.90 Å². The Morgan fingerprint density at radius 1 is 1.25 bits per heavy atom. The second-order valence-electron chi connectivity index (χ2n) is 4.20. The van der Waals surface area contributed by atoms with E-state index in [4.69, 9.17) is 10.5 Å². The second-order valence-corrected chi connectivity index (χ2v) is 4.20. The molecule has 0 aromatic heterocycles. The van der Waals surface area contributed by atoms with Crippen LogP contribution in [0, 0.1) is 22.7 Å². The standard InChI is InChI=1S/C13H12N6O/c1-18-6-7-19(13(18)20)12-4-2-10(3-5-12)16-17-11(8-14)9-15/h2-5,16H,6-7H2,1H3. The molecule has 0 radical (unpaired) electrons. The van der Waals surface area contributed by atoms with Gasteiger partial charge in [0.15, 0.2) is 0 Å². The third-order valence-corrected chi connectivity index (χ3v) is 2.90. The lowest BCUT2D eigenvalue weighted by Crippen LogP contribution is -2.29. The summed E-state index contributed by atoms with van der Waals surface area (Å²) in [7, 11) is 1.76. The lowest BCUT2D eigenvalue weighted by Gasteiger charge is -2.16. The van der Waals surface area contributed by atoms with Crippen LogP contribution in [0.25, 0.3) is 0 Å². The van der Waals surface area contributed by atoms with E-state index in [1.165, 1.54) is 0 Å². The van der Waals surface area contributed by atoms with E-state index < -0.39 is 0 Å². The SMILES string of the molecule is CN1CCN(c2ccc(NN=C(C#N)C#N)cc2)C1=O. The highest BCUT2D eigenvalue weighted by Gasteiger charge is 2.26. The molecule has 0 aliphatic carbocycles. The van der Waals surface area contributed by atoms with E-state index in [-0.39, 0.29) is 11.7 Å². The zero-order valence-corrected chi connectivity index (χ0v) is 10.9. The summed E-state index contributed by atoms with van der Waals surface area (Å²) in [5.74, 6) is 0. The highest BCUT2D eigenvalue weighted by molar-refractivity contribution is 6.10. The number of anilines is 2. The molecule has 1 heterocycles. The van der Waals surface area contributed by atoms with Crippen LogP contribution >= 0.6 is 0 Å². The summed E-state index contributed by atoms with van der Waals surface area (Å²) in [6.45, 7) is 1.37. The molecule has 0 unspecified atom stereocenters. The van der Waals surface area contributed by atoms with Crippen LogP contribution in [0.2, 0.25) is 0 Å². The van der Waals surface area contributed by atoms with Gasteiger partial charge in [0, 0.05) is 25.8 Å². The summed E-state index contributed by atoms with van der Waals surface area (Å²) in [4.78, 5) is 15.2. The van der Waals surface area contributed by atoms with Gasteiger partial charge in [-0.3, -0.25) is 10.3 Å². The molecule has 100 valence electrons. The number of hydrogen-bond donors (Lipinski definition) is 1. The number of likely N-dealkylation sites (N-methyl/N-ethyl adjacent to an activating group) is 1. The fourth-order valence-electron chi connectivity index (χ4n) is 1.80. The van der Waals surface area contributed by atoms with Crippen molar-refractivity contribution in [2.45, 2.75) is 0 Å². The van der Waals surface area contributed by atoms with E-state index in [2.05, 4.69) is 10.5 Å². The average Bonchev–Trinajstić information content (AvgIpc) is 2.81. The first-order chi connectivity index (χ1) is 9.65. The highest BCUT2D eigenvalue weighted by Crippen LogP contribution is 2.21. The smallest absolute Gasteiger partial charge is 0.324 e. The summed E-state index contributed by atoms with van der Waals surface area (Å²) < 4.78 is 0. The van der Waals surface area contributed by atoms with Crippen molar-refractivity contribution in [3.63, 3.8) is 0 Å². The Bertz CT molecular complexity index is 606. The summed E-state index contributed by atoms with van der Waals surface area (Å²) in [6.07, 6.45) is 0. The van der Waals surface area contributed by atoms with Crippen LogP contribution in [0.5, 0.6) is 0 Å². The normalized spacial score (nSPS) is 13.7. The van der Waals surface area contributed by atoms with Crippen LogP contribution in [0.4, 0.5) is 16.2 Å². The van der Waals surface area contributed by atoms with Gasteiger partial charge < -0.3 is 4.90 Å². The summed E-state index contributed by atoms with van der Waals surface area (Å²) >= 11 is 0. The van der Waals surface area contributed by atoms with Crippen LogP contribution in [-0.4, -0.2) is 36.8 Å². The Labute approximate surface area is 116 Å². The third-order valence-electron chi connectivity index (χ3n) is 2.90. The van der Waals surface area contributed by atoms with Crippen molar-refractivity contribution in [2.24, 2.45) is 5.10 Å². The predicted octanol–water partition coefficient (Wildman–Crippen LogP) is 1.37. The van der Waals surface area contributed by atoms with Crippen molar-refractivity contribution < 1.29 is 4.79 Å². The van der Waals surface area contributed by atoms with Gasteiger partial charge in [-0.15, -0.1) is 0 Å². The van der Waals surface area contributed by atoms with Crippen LogP contribution in [-0.2, 0) is 0 Å². The van der Waals surface area contributed by atoms with Crippen LogP contribution in [0.1, 0.15) is 0 Å². The Hall–Kier alpha value is -3.06. The summed E-state index contributed by atoms with van der Waals surface area (Å²) in [5, 5.41) is 20.7. The zero-order chi connectivity index (χ0) is 14.5. The van der Waals surface area contributed by atoms with Gasteiger partial charge in [0.2, 0.25) is 5.71 Å². The van der Waals surface area contributed by atoms with Gasteiger partial charge in [0.25, 0.3) is 0 Å². The van der Waals surface area contributed by atoms with E-state index in [0.717, 1.165) is 5.69 Å². The molecule has 0 spiro atoms. The fourth-order valence-corrected chi connectivity index (χ4v) is 1.80. The lowest BCUT2D eigenvalue weighted by atomic mass is 10.2. The van der Waals surface area contributed by atoms with Crippen LogP contribution in [0.15, 0.2) is 29.4 Å². The van der Waals surface area contributed by atoms with Gasteiger partial charge in [0.05, 0.1) is 5.69 Å². The highest BCUT2D eigenvalue weighted by atomic mass is 16.2. The number of nitrogens with one attached hydrogen (secondary N) is 1. The molecule has 1 aromatic carbocycles. The number of carbonyl (C=O) groups is 1. The van der Waals surface area contributed by atoms with E-state index in [9.17, 15) is 4.79 Å². The van der Waals surface area contributed by atoms with E-state index in [1.807, 2.05) is 0 Å². The molecule has 20 heavy (non-hydrogen) atoms. The first kappa shape index (κ1) is 13.4. The van der Waals surface area contributed by atoms with Crippen molar-refractivity contribution in [1.29, 1.82) is 10.5 Å². The number of hydrogen-bond acceptors (Lipinski definition) is 5. The second kappa shape index (κ2) is 5.72. The van der Waals surface area contributed by atoms with Crippen molar-refractivity contribution in [3.8, 4) is 12.1 Å². The van der Waals surface area contributed by atoms with Crippen molar-refractivity contribution in [3.05, 3.63) is 24.3 Å². The number of amides is 2. The Morgan fingerprint density at radius 2 is 1.90 bits per heavy atom. The maximum absolute atomic E-state index is 11.8. The number of benzene rings is 1. The maximum atomic E-state index is 11.8. The number of rotatable bonds is 3. The first-order valence-corrected chi connectivity index (χ1v) is 5.92. The minimum Gasteiger partial charge on any atom is -0.326 e. The molecule has 1 N–H and O–H groups in total. The molecule has 1 fully saturated rings. The molecule has 2 rings (SSSR count). The molecular formula is C13H12N6O. The van der Waals surface area contributed by atoms with Gasteiger partial charge in [-0.2, -0.15) is 15.6 Å². The minimum atomic E-state index is -0.245. The largest absolute Gasteiger partial charge is 0.326 e. The molecule has 0 bridgehead atoms. The molecule has 1 aliphatic rings. The first-order valence-electron chi connectivity index (χ1n) is 5.92. The molecule has 1 aliphatic heterocycles. The van der Waals surface area contributed by atoms with E-state index in [0.29, 0.717) is 18.8 Å². The Morgan fingerprint density at radius 3 is 2.40 bits per heavy atom. The van der Waals surface area contributed by atoms with Crippen molar-refractivity contribution in [2.75, 3.05) is 30.5 Å². The van der Waals surface area contributed by atoms with Gasteiger partial charge >= 0.3 is 6.03 Å². The average molecular weight is 268 g/mol. The summed E-state index contributed by atoms with van der Waals surface area (Å²) in [6, 6.07) is 10.3. The lowest BCUT2D eigenvalue weighted by molar-refractivity contribution is 0.229. The molecular weight excluding hydrogens is 256 g/mol. The number of nitrogens with zero attached hydrogens (tertiary/aromatic N) is 5. The van der Waals surface area contributed by atoms with Crippen LogP contribution in [0.3, 0.4) is 0 Å². The maximum Gasteiger partial charge on any atom is 0.324 e. The Kier molecular flexibility index (Phi) is 3.82. The Balaban J connectivity index is 2.08. The predicted molar refractivity (Wildman–Crippen MR) is 74.1 cm³/mol.